The van der Waals surface area contributed by atoms with Crippen LogP contribution in [0.1, 0.15) is 12.5 Å². The van der Waals surface area contributed by atoms with Crippen LogP contribution in [0.5, 0.6) is 0 Å². The molecule has 122 valence electrons. The predicted molar refractivity (Wildman–Crippen MR) is 74.4 cm³/mol. The maximum absolute atomic E-state index is 12.4. The molecule has 1 atom stereocenters. The van der Waals surface area contributed by atoms with Crippen molar-refractivity contribution in [2.24, 2.45) is 5.92 Å². The molecule has 0 fully saturated rings. The van der Waals surface area contributed by atoms with E-state index >= 15 is 0 Å². The van der Waals surface area contributed by atoms with Gasteiger partial charge in [-0.05, 0) is 12.1 Å². The Kier molecular flexibility index (Phi) is 6.21. The van der Waals surface area contributed by atoms with E-state index in [1.165, 1.54) is 24.9 Å². The minimum absolute atomic E-state index is 0.0266. The fourth-order valence-electron chi connectivity index (χ4n) is 1.47. The molecule has 0 aliphatic rings. The molecule has 1 aromatic heterocycles. The third-order valence-corrected chi connectivity index (χ3v) is 3.73. The zero-order valence-electron chi connectivity index (χ0n) is 11.9. The number of halogens is 3. The summed E-state index contributed by atoms with van der Waals surface area (Å²) in [6.07, 6.45) is -3.73. The van der Waals surface area contributed by atoms with E-state index in [-0.39, 0.29) is 18.2 Å². The third-order valence-electron chi connectivity index (χ3n) is 2.80. The van der Waals surface area contributed by atoms with Gasteiger partial charge in [-0.1, -0.05) is 18.7 Å². The van der Waals surface area contributed by atoms with Crippen molar-refractivity contribution in [3.8, 4) is 0 Å². The van der Waals surface area contributed by atoms with Crippen molar-refractivity contribution in [1.29, 1.82) is 0 Å². The molecule has 1 unspecified atom stereocenters. The minimum atomic E-state index is -4.45. The van der Waals surface area contributed by atoms with Gasteiger partial charge in [0.25, 0.3) is 0 Å². The lowest BCUT2D eigenvalue weighted by atomic mass is 10.2. The number of carbonyl (C=O) groups excluding carboxylic acids is 1. The zero-order valence-corrected chi connectivity index (χ0v) is 12.7. The summed E-state index contributed by atoms with van der Waals surface area (Å²) in [7, 11) is 1.47. The summed E-state index contributed by atoms with van der Waals surface area (Å²) in [5, 5.41) is 9.06. The van der Waals surface area contributed by atoms with Crippen molar-refractivity contribution >= 4 is 23.6 Å². The summed E-state index contributed by atoms with van der Waals surface area (Å²) in [6.45, 7) is 1.55. The molecular weight excluding hydrogens is 321 g/mol. The van der Waals surface area contributed by atoms with E-state index in [2.05, 4.69) is 4.98 Å². The number of thioether (sulfide) groups is 1. The lowest BCUT2D eigenvalue weighted by Gasteiger charge is -2.19. The summed E-state index contributed by atoms with van der Waals surface area (Å²) in [5.74, 6) is -2.04. The third kappa shape index (κ3) is 5.55. The fraction of sp³-hybridized carbons (Fsp3) is 0.462. The molecule has 0 radical (unpaired) electrons. The first-order chi connectivity index (χ1) is 10.1. The van der Waals surface area contributed by atoms with Crippen molar-refractivity contribution in [3.05, 3.63) is 23.9 Å². The van der Waals surface area contributed by atoms with Crippen molar-refractivity contribution in [2.45, 2.75) is 18.1 Å². The van der Waals surface area contributed by atoms with Crippen LogP contribution in [0, 0.1) is 5.92 Å². The topological polar surface area (TPSA) is 70.5 Å². The number of amides is 1. The molecule has 0 aromatic carbocycles. The van der Waals surface area contributed by atoms with Crippen molar-refractivity contribution in [2.75, 3.05) is 19.3 Å². The summed E-state index contributed by atoms with van der Waals surface area (Å²) in [6, 6.07) is 2.09. The highest BCUT2D eigenvalue weighted by molar-refractivity contribution is 7.99. The van der Waals surface area contributed by atoms with Gasteiger partial charge in [-0.2, -0.15) is 13.2 Å². The standard InChI is InChI=1S/C13H15F3N2O3S/c1-8(12(20)21)6-18(2)11(19)7-22-10-4-3-9(5-17-10)13(14,15)16/h3-5,8H,6-7H2,1-2H3,(H,20,21). The normalized spacial score (nSPS) is 12.8. The number of carbonyl (C=O) groups is 2. The summed E-state index contributed by atoms with van der Waals surface area (Å²) < 4.78 is 37.1. The maximum Gasteiger partial charge on any atom is 0.417 e. The van der Waals surface area contributed by atoms with E-state index in [0.717, 1.165) is 17.8 Å². The number of pyridine rings is 1. The summed E-state index contributed by atoms with van der Waals surface area (Å²) in [4.78, 5) is 27.4. The van der Waals surface area contributed by atoms with Crippen molar-refractivity contribution in [3.63, 3.8) is 0 Å². The zero-order chi connectivity index (χ0) is 16.9. The largest absolute Gasteiger partial charge is 0.481 e. The van der Waals surface area contributed by atoms with Crippen LogP contribution >= 0.6 is 11.8 Å². The molecule has 1 heterocycles. The molecule has 1 rings (SSSR count). The van der Waals surface area contributed by atoms with Gasteiger partial charge < -0.3 is 10.0 Å². The van der Waals surface area contributed by atoms with Gasteiger partial charge in [-0.3, -0.25) is 9.59 Å². The number of nitrogens with zero attached hydrogens (tertiary/aromatic N) is 2. The van der Waals surface area contributed by atoms with E-state index < -0.39 is 23.6 Å². The maximum atomic E-state index is 12.4. The second-order valence-electron chi connectivity index (χ2n) is 4.69. The molecule has 0 aliphatic carbocycles. The number of alkyl halides is 3. The second kappa shape index (κ2) is 7.48. The highest BCUT2D eigenvalue weighted by Crippen LogP contribution is 2.29. The Hall–Kier alpha value is -1.77. The van der Waals surface area contributed by atoms with Gasteiger partial charge in [0.1, 0.15) is 0 Å². The highest BCUT2D eigenvalue weighted by atomic mass is 32.2. The molecule has 1 amide bonds. The number of carboxylic acid groups (broad SMARTS) is 1. The van der Waals surface area contributed by atoms with E-state index in [1.807, 2.05) is 0 Å². The SMILES string of the molecule is CC(CN(C)C(=O)CSc1ccc(C(F)(F)F)cn1)C(=O)O. The summed E-state index contributed by atoms with van der Waals surface area (Å²) in [5.41, 5.74) is -0.851. The molecule has 0 spiro atoms. The molecule has 22 heavy (non-hydrogen) atoms. The molecule has 5 nitrogen and oxygen atoms in total. The number of carboxylic acids is 1. The molecule has 1 N–H and O–H groups in total. The second-order valence-corrected chi connectivity index (χ2v) is 5.68. The molecule has 0 saturated carbocycles. The van der Waals surface area contributed by atoms with Crippen LogP contribution in [0.25, 0.3) is 0 Å². The van der Waals surface area contributed by atoms with Crippen LogP contribution in [-0.2, 0) is 15.8 Å². The monoisotopic (exact) mass is 336 g/mol. The Morgan fingerprint density at radius 2 is 2.05 bits per heavy atom. The van der Waals surface area contributed by atoms with Gasteiger partial charge in [0.05, 0.1) is 22.3 Å². The van der Waals surface area contributed by atoms with Crippen LogP contribution < -0.4 is 0 Å². The first-order valence-corrected chi connectivity index (χ1v) is 7.22. The molecular formula is C13H15F3N2O3S. The van der Waals surface area contributed by atoms with Crippen molar-refractivity contribution in [1.82, 2.24) is 9.88 Å². The van der Waals surface area contributed by atoms with Crippen LogP contribution in [0.4, 0.5) is 13.2 Å². The average molecular weight is 336 g/mol. The number of aliphatic carboxylic acids is 1. The number of hydrogen-bond acceptors (Lipinski definition) is 4. The van der Waals surface area contributed by atoms with Gasteiger partial charge >= 0.3 is 12.1 Å². The molecule has 0 bridgehead atoms. The average Bonchev–Trinajstić information content (AvgIpc) is 2.43. The van der Waals surface area contributed by atoms with E-state index in [9.17, 15) is 22.8 Å². The van der Waals surface area contributed by atoms with Gasteiger partial charge in [-0.25, -0.2) is 4.98 Å². The van der Waals surface area contributed by atoms with Crippen LogP contribution in [0.2, 0.25) is 0 Å². The minimum Gasteiger partial charge on any atom is -0.481 e. The number of aromatic nitrogens is 1. The predicted octanol–water partition coefficient (Wildman–Crippen LogP) is 2.37. The molecule has 9 heteroatoms. The Morgan fingerprint density at radius 1 is 1.41 bits per heavy atom. The Bertz CT molecular complexity index is 534. The Balaban J connectivity index is 2.52. The van der Waals surface area contributed by atoms with E-state index in [4.69, 9.17) is 5.11 Å². The Morgan fingerprint density at radius 3 is 2.50 bits per heavy atom. The first kappa shape index (κ1) is 18.3. The lowest BCUT2D eigenvalue weighted by Crippen LogP contribution is -2.34. The molecule has 0 aliphatic heterocycles. The van der Waals surface area contributed by atoms with E-state index in [0.29, 0.717) is 11.2 Å². The van der Waals surface area contributed by atoms with Crippen LogP contribution in [-0.4, -0.2) is 46.2 Å². The quantitative estimate of drug-likeness (QED) is 0.808. The van der Waals surface area contributed by atoms with Crippen LogP contribution in [0.3, 0.4) is 0 Å². The van der Waals surface area contributed by atoms with Gasteiger partial charge in [0, 0.05) is 19.8 Å². The highest BCUT2D eigenvalue weighted by Gasteiger charge is 2.30. The van der Waals surface area contributed by atoms with Crippen LogP contribution in [0.15, 0.2) is 23.4 Å². The lowest BCUT2D eigenvalue weighted by molar-refractivity contribution is -0.142. The van der Waals surface area contributed by atoms with Crippen molar-refractivity contribution < 1.29 is 27.9 Å². The molecule has 1 aromatic rings. The summed E-state index contributed by atoms with van der Waals surface area (Å²) >= 11 is 0.995. The Labute approximate surface area is 129 Å². The fourth-order valence-corrected chi connectivity index (χ4v) is 2.25. The molecule has 0 saturated heterocycles. The van der Waals surface area contributed by atoms with E-state index in [1.54, 1.807) is 0 Å². The number of hydrogen-bond donors (Lipinski definition) is 1. The number of rotatable bonds is 6. The first-order valence-electron chi connectivity index (χ1n) is 6.24. The van der Waals surface area contributed by atoms with Gasteiger partial charge in [0.2, 0.25) is 5.91 Å². The smallest absolute Gasteiger partial charge is 0.417 e. The van der Waals surface area contributed by atoms with Gasteiger partial charge in [-0.15, -0.1) is 0 Å². The van der Waals surface area contributed by atoms with Gasteiger partial charge in [0.15, 0.2) is 0 Å².